The van der Waals surface area contributed by atoms with Crippen LogP contribution in [0.15, 0.2) is 46.7 Å². The molecule has 9 heteroatoms. The number of hydrogen-bond acceptors (Lipinski definition) is 6. The van der Waals surface area contributed by atoms with Crippen LogP contribution in [0.3, 0.4) is 0 Å². The molecule has 3 aromatic rings. The van der Waals surface area contributed by atoms with Gasteiger partial charge in [-0.2, -0.15) is 5.26 Å². The number of pyridine rings is 1. The van der Waals surface area contributed by atoms with Crippen LogP contribution in [-0.4, -0.2) is 33.5 Å². The normalized spacial score (nSPS) is 10.7. The van der Waals surface area contributed by atoms with Crippen LogP contribution >= 0.6 is 35.0 Å². The van der Waals surface area contributed by atoms with E-state index in [0.29, 0.717) is 44.8 Å². The van der Waals surface area contributed by atoms with Gasteiger partial charge in [0.2, 0.25) is 0 Å². The monoisotopic (exact) mass is 419 g/mol. The number of halogens is 2. The van der Waals surface area contributed by atoms with Crippen molar-refractivity contribution in [1.82, 2.24) is 19.7 Å². The number of ether oxygens (including phenoxy) is 1. The topological polar surface area (TPSA) is 76.6 Å². The molecule has 0 amide bonds. The third-order valence-corrected chi connectivity index (χ3v) is 5.42. The maximum absolute atomic E-state index is 8.96. The smallest absolute Gasteiger partial charge is 0.197 e. The Bertz CT molecular complexity index is 986. The summed E-state index contributed by atoms with van der Waals surface area (Å²) >= 11 is 13.9. The van der Waals surface area contributed by atoms with Crippen molar-refractivity contribution in [1.29, 1.82) is 5.26 Å². The summed E-state index contributed by atoms with van der Waals surface area (Å²) in [4.78, 5) is 4.26. The summed E-state index contributed by atoms with van der Waals surface area (Å²) in [6.45, 7) is 1.26. The van der Waals surface area contributed by atoms with Crippen LogP contribution < -0.4 is 0 Å². The molecule has 0 fully saturated rings. The zero-order valence-electron chi connectivity index (χ0n) is 14.4. The summed E-state index contributed by atoms with van der Waals surface area (Å²) < 4.78 is 7.13. The molecule has 0 aliphatic heterocycles. The first kappa shape index (κ1) is 19.6. The zero-order valence-corrected chi connectivity index (χ0v) is 16.7. The highest BCUT2D eigenvalue weighted by Gasteiger charge is 2.18. The lowest BCUT2D eigenvalue weighted by Crippen LogP contribution is -2.05. The van der Waals surface area contributed by atoms with Gasteiger partial charge in [0.1, 0.15) is 11.1 Å². The van der Waals surface area contributed by atoms with Gasteiger partial charge >= 0.3 is 0 Å². The highest BCUT2D eigenvalue weighted by molar-refractivity contribution is 7.99. The van der Waals surface area contributed by atoms with Crippen LogP contribution in [0.4, 0.5) is 0 Å². The SMILES string of the molecule is COCCCn1c(Sc2ncc(C#N)cc2Cl)nnc1-c1ccccc1Cl. The maximum atomic E-state index is 8.96. The maximum Gasteiger partial charge on any atom is 0.197 e. The molecule has 27 heavy (non-hydrogen) atoms. The van der Waals surface area contributed by atoms with Crippen LogP contribution in [0.25, 0.3) is 11.4 Å². The molecule has 0 unspecified atom stereocenters. The predicted molar refractivity (Wildman–Crippen MR) is 105 cm³/mol. The molecule has 0 saturated carbocycles. The lowest BCUT2D eigenvalue weighted by molar-refractivity contribution is 0.189. The van der Waals surface area contributed by atoms with Crippen LogP contribution in [0.1, 0.15) is 12.0 Å². The van der Waals surface area contributed by atoms with Crippen molar-refractivity contribution < 1.29 is 4.74 Å². The first-order valence-electron chi connectivity index (χ1n) is 8.04. The zero-order chi connectivity index (χ0) is 19.2. The molecule has 3 rings (SSSR count). The lowest BCUT2D eigenvalue weighted by Gasteiger charge is -2.11. The van der Waals surface area contributed by atoms with E-state index in [-0.39, 0.29) is 0 Å². The van der Waals surface area contributed by atoms with Crippen molar-refractivity contribution in [3.05, 3.63) is 52.1 Å². The minimum Gasteiger partial charge on any atom is -0.385 e. The summed E-state index contributed by atoms with van der Waals surface area (Å²) in [6, 6.07) is 11.1. The van der Waals surface area contributed by atoms with E-state index in [2.05, 4.69) is 15.2 Å². The van der Waals surface area contributed by atoms with Crippen molar-refractivity contribution in [2.24, 2.45) is 0 Å². The van der Waals surface area contributed by atoms with Crippen LogP contribution in [0, 0.1) is 11.3 Å². The Hall–Kier alpha value is -2.11. The van der Waals surface area contributed by atoms with Crippen molar-refractivity contribution >= 4 is 35.0 Å². The number of aromatic nitrogens is 4. The Morgan fingerprint density at radius 3 is 2.74 bits per heavy atom. The standard InChI is InChI=1S/C18H15Cl2N5OS/c1-26-8-4-7-25-16(13-5-2-3-6-14(13)19)23-24-18(25)27-17-15(20)9-12(10-21)11-22-17/h2-3,5-6,9,11H,4,7-8H2,1H3. The quantitative estimate of drug-likeness (QED) is 0.516. The van der Waals surface area contributed by atoms with E-state index in [1.54, 1.807) is 13.2 Å². The second kappa shape index (κ2) is 9.20. The number of rotatable bonds is 7. The van der Waals surface area contributed by atoms with E-state index < -0.39 is 0 Å². The van der Waals surface area contributed by atoms with Crippen molar-refractivity contribution in [3.8, 4) is 17.5 Å². The molecule has 2 aromatic heterocycles. The lowest BCUT2D eigenvalue weighted by atomic mass is 10.2. The molecule has 0 radical (unpaired) electrons. The molecule has 0 aliphatic rings. The Kier molecular flexibility index (Phi) is 6.69. The molecular formula is C18H15Cl2N5OS. The Labute approximate surface area is 171 Å². The van der Waals surface area contributed by atoms with E-state index >= 15 is 0 Å². The molecule has 0 spiro atoms. The van der Waals surface area contributed by atoms with E-state index in [9.17, 15) is 0 Å². The van der Waals surface area contributed by atoms with Gasteiger partial charge in [0.15, 0.2) is 11.0 Å². The summed E-state index contributed by atoms with van der Waals surface area (Å²) in [5, 5.41) is 19.8. The fourth-order valence-corrected chi connectivity index (χ4v) is 3.73. The highest BCUT2D eigenvalue weighted by Crippen LogP contribution is 2.34. The van der Waals surface area contributed by atoms with E-state index in [4.69, 9.17) is 33.2 Å². The highest BCUT2D eigenvalue weighted by atomic mass is 35.5. The average Bonchev–Trinajstić information content (AvgIpc) is 3.06. The number of benzene rings is 1. The number of nitriles is 1. The third-order valence-electron chi connectivity index (χ3n) is 3.69. The minimum absolute atomic E-state index is 0.393. The van der Waals surface area contributed by atoms with Gasteiger partial charge in [0.25, 0.3) is 0 Å². The average molecular weight is 420 g/mol. The van der Waals surface area contributed by atoms with Crippen LogP contribution in [-0.2, 0) is 11.3 Å². The summed E-state index contributed by atoms with van der Waals surface area (Å²) in [5.74, 6) is 0.670. The molecule has 0 saturated heterocycles. The first-order valence-corrected chi connectivity index (χ1v) is 9.62. The van der Waals surface area contributed by atoms with Gasteiger partial charge in [-0.05, 0) is 36.4 Å². The predicted octanol–water partition coefficient (Wildman–Crippen LogP) is 4.71. The van der Waals surface area contributed by atoms with Crippen molar-refractivity contribution in [2.75, 3.05) is 13.7 Å². The number of hydrogen-bond donors (Lipinski definition) is 0. The number of nitrogens with zero attached hydrogens (tertiary/aromatic N) is 5. The van der Waals surface area contributed by atoms with Gasteiger partial charge in [-0.25, -0.2) is 4.98 Å². The molecular weight excluding hydrogens is 405 g/mol. The van der Waals surface area contributed by atoms with Gasteiger partial charge in [0, 0.05) is 32.0 Å². The minimum atomic E-state index is 0.393. The van der Waals surface area contributed by atoms with E-state index in [1.807, 2.05) is 34.9 Å². The molecule has 1 aromatic carbocycles. The van der Waals surface area contributed by atoms with E-state index in [1.165, 1.54) is 18.0 Å². The fraction of sp³-hybridized carbons (Fsp3) is 0.222. The molecule has 138 valence electrons. The molecule has 0 atom stereocenters. The van der Waals surface area contributed by atoms with Gasteiger partial charge < -0.3 is 9.30 Å². The fourth-order valence-electron chi connectivity index (χ4n) is 2.42. The Morgan fingerprint density at radius 1 is 1.22 bits per heavy atom. The van der Waals surface area contributed by atoms with Crippen LogP contribution in [0.5, 0.6) is 0 Å². The molecule has 0 aliphatic carbocycles. The van der Waals surface area contributed by atoms with E-state index in [0.717, 1.165) is 12.0 Å². The summed E-state index contributed by atoms with van der Waals surface area (Å²) in [7, 11) is 1.66. The van der Waals surface area contributed by atoms with Crippen molar-refractivity contribution in [2.45, 2.75) is 23.1 Å². The largest absolute Gasteiger partial charge is 0.385 e. The van der Waals surface area contributed by atoms with Gasteiger partial charge in [-0.15, -0.1) is 10.2 Å². The molecule has 2 heterocycles. The van der Waals surface area contributed by atoms with Gasteiger partial charge in [-0.3, -0.25) is 0 Å². The van der Waals surface area contributed by atoms with Crippen LogP contribution in [0.2, 0.25) is 10.0 Å². The molecule has 0 N–H and O–H groups in total. The second-order valence-electron chi connectivity index (χ2n) is 5.51. The summed E-state index contributed by atoms with van der Waals surface area (Å²) in [5.41, 5.74) is 1.21. The Balaban J connectivity index is 1.97. The van der Waals surface area contributed by atoms with Crippen molar-refractivity contribution in [3.63, 3.8) is 0 Å². The molecule has 0 bridgehead atoms. The van der Waals surface area contributed by atoms with Gasteiger partial charge in [0.05, 0.1) is 15.6 Å². The third kappa shape index (κ3) is 4.60. The summed E-state index contributed by atoms with van der Waals surface area (Å²) in [6.07, 6.45) is 2.27. The van der Waals surface area contributed by atoms with Gasteiger partial charge in [-0.1, -0.05) is 35.3 Å². The molecule has 6 nitrogen and oxygen atoms in total. The first-order chi connectivity index (χ1) is 13.1. The Morgan fingerprint density at radius 2 is 2.04 bits per heavy atom. The number of methoxy groups -OCH3 is 1. The second-order valence-corrected chi connectivity index (χ2v) is 7.28.